The van der Waals surface area contributed by atoms with Crippen LogP contribution in [0.3, 0.4) is 0 Å². The summed E-state index contributed by atoms with van der Waals surface area (Å²) in [6.45, 7) is 0.980. The molecule has 0 radical (unpaired) electrons. The third kappa shape index (κ3) is 0.753. The largest absolute Gasteiger partial charge is 0.336 e. The van der Waals surface area contributed by atoms with Gasteiger partial charge in [0.05, 0.1) is 0 Å². The molecule has 0 aromatic heterocycles. The Kier molecular flexibility index (Phi) is 1.26. The minimum atomic E-state index is 0.216. The number of fused-ring (bicyclic) bond motifs is 1. The summed E-state index contributed by atoms with van der Waals surface area (Å²) in [6.07, 6.45) is 7.16. The zero-order valence-electron chi connectivity index (χ0n) is 5.92. The molecule has 0 bridgehead atoms. The molecule has 2 aliphatic rings. The Morgan fingerprint density at radius 3 is 3.30 bits per heavy atom. The van der Waals surface area contributed by atoms with Crippen LogP contribution in [0.15, 0.2) is 12.2 Å². The number of carbonyl (C=O) groups excluding carboxylic acids is 1. The van der Waals surface area contributed by atoms with Gasteiger partial charge < -0.3 is 4.90 Å². The number of rotatable bonds is 0. The van der Waals surface area contributed by atoms with E-state index in [0.29, 0.717) is 6.04 Å². The standard InChI is InChI=1S/C8H11NO/c10-8-5-1-3-7-4-2-6-9(7)8/h1,5,7H,2-4,6H2/t7-/m1/s1. The summed E-state index contributed by atoms with van der Waals surface area (Å²) >= 11 is 0. The molecule has 2 heterocycles. The van der Waals surface area contributed by atoms with Crippen molar-refractivity contribution in [3.05, 3.63) is 12.2 Å². The van der Waals surface area contributed by atoms with Crippen molar-refractivity contribution in [2.45, 2.75) is 25.3 Å². The Labute approximate surface area is 60.5 Å². The van der Waals surface area contributed by atoms with Gasteiger partial charge in [-0.2, -0.15) is 0 Å². The summed E-state index contributed by atoms with van der Waals surface area (Å²) < 4.78 is 0. The van der Waals surface area contributed by atoms with E-state index in [-0.39, 0.29) is 5.91 Å². The van der Waals surface area contributed by atoms with Gasteiger partial charge in [0.15, 0.2) is 0 Å². The van der Waals surface area contributed by atoms with Gasteiger partial charge in [-0.25, -0.2) is 0 Å². The maximum Gasteiger partial charge on any atom is 0.246 e. The molecule has 54 valence electrons. The summed E-state index contributed by atoms with van der Waals surface area (Å²) in [7, 11) is 0. The first kappa shape index (κ1) is 5.96. The van der Waals surface area contributed by atoms with Crippen LogP contribution in [-0.4, -0.2) is 23.4 Å². The van der Waals surface area contributed by atoms with Crippen LogP contribution in [0.25, 0.3) is 0 Å². The van der Waals surface area contributed by atoms with Gasteiger partial charge in [-0.05, 0) is 25.3 Å². The molecule has 1 fully saturated rings. The Balaban J connectivity index is 2.20. The highest BCUT2D eigenvalue weighted by Crippen LogP contribution is 2.23. The fraction of sp³-hybridized carbons (Fsp3) is 0.625. The highest BCUT2D eigenvalue weighted by Gasteiger charge is 2.28. The molecule has 10 heavy (non-hydrogen) atoms. The fourth-order valence-electron chi connectivity index (χ4n) is 1.79. The molecule has 0 aromatic rings. The monoisotopic (exact) mass is 137 g/mol. The maximum absolute atomic E-state index is 11.1. The number of hydrogen-bond acceptors (Lipinski definition) is 1. The van der Waals surface area contributed by atoms with Crippen LogP contribution in [0, 0.1) is 0 Å². The second-order valence-electron chi connectivity index (χ2n) is 2.97. The molecule has 1 atom stereocenters. The third-order valence-corrected chi connectivity index (χ3v) is 2.33. The quantitative estimate of drug-likeness (QED) is 0.486. The van der Waals surface area contributed by atoms with Crippen molar-refractivity contribution < 1.29 is 4.79 Å². The lowest BCUT2D eigenvalue weighted by molar-refractivity contribution is -0.127. The minimum absolute atomic E-state index is 0.216. The van der Waals surface area contributed by atoms with Gasteiger partial charge in [0, 0.05) is 12.6 Å². The highest BCUT2D eigenvalue weighted by atomic mass is 16.2. The van der Waals surface area contributed by atoms with E-state index in [1.54, 1.807) is 6.08 Å². The molecule has 0 spiro atoms. The molecule has 0 aliphatic carbocycles. The van der Waals surface area contributed by atoms with Crippen molar-refractivity contribution in [1.82, 2.24) is 4.90 Å². The minimum Gasteiger partial charge on any atom is -0.336 e. The van der Waals surface area contributed by atoms with Gasteiger partial charge >= 0.3 is 0 Å². The number of hydrogen-bond donors (Lipinski definition) is 0. The Bertz CT molecular complexity index is 186. The normalized spacial score (nSPS) is 31.0. The Morgan fingerprint density at radius 1 is 1.60 bits per heavy atom. The van der Waals surface area contributed by atoms with Crippen LogP contribution in [0.4, 0.5) is 0 Å². The van der Waals surface area contributed by atoms with Gasteiger partial charge in [0.25, 0.3) is 0 Å². The van der Waals surface area contributed by atoms with Crippen molar-refractivity contribution in [1.29, 1.82) is 0 Å². The lowest BCUT2D eigenvalue weighted by Crippen LogP contribution is -2.36. The summed E-state index contributed by atoms with van der Waals surface area (Å²) in [5, 5.41) is 0. The second kappa shape index (κ2) is 2.11. The van der Waals surface area contributed by atoms with Gasteiger partial charge in [0.2, 0.25) is 5.91 Å². The molecule has 2 rings (SSSR count). The molecule has 1 amide bonds. The zero-order chi connectivity index (χ0) is 6.97. The molecule has 0 unspecified atom stereocenters. The topological polar surface area (TPSA) is 20.3 Å². The van der Waals surface area contributed by atoms with E-state index in [1.165, 1.54) is 12.8 Å². The van der Waals surface area contributed by atoms with Crippen LogP contribution in [0.5, 0.6) is 0 Å². The molecule has 1 saturated heterocycles. The predicted molar refractivity (Wildman–Crippen MR) is 38.5 cm³/mol. The van der Waals surface area contributed by atoms with Crippen molar-refractivity contribution >= 4 is 5.91 Å². The first-order valence-corrected chi connectivity index (χ1v) is 3.85. The molecular formula is C8H11NO. The first-order chi connectivity index (χ1) is 4.88. The lowest BCUT2D eigenvalue weighted by atomic mass is 10.1. The van der Waals surface area contributed by atoms with Crippen LogP contribution in [0.1, 0.15) is 19.3 Å². The van der Waals surface area contributed by atoms with Crippen LogP contribution in [0.2, 0.25) is 0 Å². The van der Waals surface area contributed by atoms with Crippen molar-refractivity contribution in [2.75, 3.05) is 6.54 Å². The average molecular weight is 137 g/mol. The summed E-state index contributed by atoms with van der Waals surface area (Å²) in [6, 6.07) is 0.539. The molecule has 0 saturated carbocycles. The molecule has 2 heteroatoms. The van der Waals surface area contributed by atoms with E-state index in [0.717, 1.165) is 13.0 Å². The van der Waals surface area contributed by atoms with Gasteiger partial charge in [0.1, 0.15) is 0 Å². The second-order valence-corrected chi connectivity index (χ2v) is 2.97. The maximum atomic E-state index is 11.1. The molecule has 2 aliphatic heterocycles. The summed E-state index contributed by atoms with van der Waals surface area (Å²) in [5.41, 5.74) is 0. The van der Waals surface area contributed by atoms with E-state index in [2.05, 4.69) is 0 Å². The summed E-state index contributed by atoms with van der Waals surface area (Å²) in [5.74, 6) is 0.216. The van der Waals surface area contributed by atoms with Gasteiger partial charge in [-0.3, -0.25) is 4.79 Å². The predicted octanol–water partition coefficient (Wildman–Crippen LogP) is 0.937. The molecule has 0 N–H and O–H groups in total. The zero-order valence-corrected chi connectivity index (χ0v) is 5.92. The van der Waals surface area contributed by atoms with E-state index in [1.807, 2.05) is 11.0 Å². The third-order valence-electron chi connectivity index (χ3n) is 2.33. The van der Waals surface area contributed by atoms with Crippen molar-refractivity contribution in [3.63, 3.8) is 0 Å². The Morgan fingerprint density at radius 2 is 2.50 bits per heavy atom. The van der Waals surface area contributed by atoms with E-state index in [9.17, 15) is 4.79 Å². The Hall–Kier alpha value is -0.790. The highest BCUT2D eigenvalue weighted by molar-refractivity contribution is 5.88. The van der Waals surface area contributed by atoms with E-state index in [4.69, 9.17) is 0 Å². The van der Waals surface area contributed by atoms with Crippen LogP contribution in [-0.2, 0) is 4.79 Å². The van der Waals surface area contributed by atoms with Gasteiger partial charge in [-0.1, -0.05) is 6.08 Å². The average Bonchev–Trinajstić information content (AvgIpc) is 2.36. The first-order valence-electron chi connectivity index (χ1n) is 3.85. The van der Waals surface area contributed by atoms with Crippen molar-refractivity contribution in [3.8, 4) is 0 Å². The summed E-state index contributed by atoms with van der Waals surface area (Å²) in [4.78, 5) is 13.1. The van der Waals surface area contributed by atoms with Gasteiger partial charge in [-0.15, -0.1) is 0 Å². The molecule has 0 aromatic carbocycles. The SMILES string of the molecule is O=C1C=CC[C@@H]2CCCN12. The number of nitrogens with zero attached hydrogens (tertiary/aromatic N) is 1. The van der Waals surface area contributed by atoms with E-state index >= 15 is 0 Å². The molecular weight excluding hydrogens is 126 g/mol. The molecule has 2 nitrogen and oxygen atoms in total. The van der Waals surface area contributed by atoms with Crippen molar-refractivity contribution in [2.24, 2.45) is 0 Å². The van der Waals surface area contributed by atoms with E-state index < -0.39 is 0 Å². The number of amides is 1. The number of carbonyl (C=O) groups is 1. The fourth-order valence-corrected chi connectivity index (χ4v) is 1.79. The lowest BCUT2D eigenvalue weighted by Gasteiger charge is -2.25. The smallest absolute Gasteiger partial charge is 0.246 e. The van der Waals surface area contributed by atoms with Crippen LogP contribution < -0.4 is 0 Å². The van der Waals surface area contributed by atoms with Crippen LogP contribution >= 0.6 is 0 Å².